The third kappa shape index (κ3) is 3.97. The number of quaternary nitrogens is 1. The number of carbonyl (C=O) groups excluding carboxylic acids is 1. The molecule has 0 spiro atoms. The zero-order chi connectivity index (χ0) is 18.6. The molecule has 0 radical (unpaired) electrons. The average Bonchev–Trinajstić information content (AvgIpc) is 2.71. The second kappa shape index (κ2) is 8.07. The van der Waals surface area contributed by atoms with Gasteiger partial charge in [-0.2, -0.15) is 0 Å². The van der Waals surface area contributed by atoms with E-state index in [1.807, 2.05) is 30.3 Å². The summed E-state index contributed by atoms with van der Waals surface area (Å²) in [4.78, 5) is 14.3. The summed E-state index contributed by atoms with van der Waals surface area (Å²) in [6.07, 6.45) is 3.77. The van der Waals surface area contributed by atoms with Gasteiger partial charge in [0, 0.05) is 16.7 Å². The smallest absolute Gasteiger partial charge is 0.189 e. The number of Topliss-reactive ketones (excluding diaryl/α,β-unsaturated/α-hetero) is 1. The lowest BCUT2D eigenvalue weighted by molar-refractivity contribution is -0.921. The van der Waals surface area contributed by atoms with E-state index < -0.39 is 0 Å². The van der Waals surface area contributed by atoms with Crippen LogP contribution in [0.1, 0.15) is 33.5 Å². The maximum atomic E-state index is 12.8. The Balaban J connectivity index is 1.59. The number of fused-ring (bicyclic) bond motifs is 1. The fourth-order valence-corrected chi connectivity index (χ4v) is 3.99. The normalized spacial score (nSPS) is 19.1. The van der Waals surface area contributed by atoms with Crippen LogP contribution in [0, 0.1) is 0 Å². The second-order valence-corrected chi connectivity index (χ2v) is 7.27. The van der Waals surface area contributed by atoms with Crippen LogP contribution in [0.2, 0.25) is 0 Å². The van der Waals surface area contributed by atoms with E-state index in [-0.39, 0.29) is 5.78 Å². The molecule has 2 aliphatic rings. The van der Waals surface area contributed by atoms with Gasteiger partial charge < -0.3 is 14.4 Å². The molecule has 2 aromatic rings. The topological polar surface area (TPSA) is 40.0 Å². The molecular weight excluding hydrogens is 338 g/mol. The van der Waals surface area contributed by atoms with Crippen molar-refractivity contribution < 1.29 is 19.2 Å². The molecule has 2 aromatic carbocycles. The number of ether oxygens (including phenoxy) is 2. The van der Waals surface area contributed by atoms with Crippen LogP contribution < -0.4 is 9.64 Å². The molecule has 4 rings (SSSR count). The maximum Gasteiger partial charge on any atom is 0.189 e. The highest BCUT2D eigenvalue weighted by molar-refractivity contribution is 6.13. The minimum atomic E-state index is 0.160. The number of aryl methyl sites for hydroxylation is 1. The first-order valence-electron chi connectivity index (χ1n) is 9.66. The van der Waals surface area contributed by atoms with Crippen molar-refractivity contribution in [2.24, 2.45) is 0 Å². The number of hydrogen-bond donors (Lipinski definition) is 1. The standard InChI is InChI=1S/C23H25NO3/c1-26-22-9-6-17(15-20(22)16-24-10-12-27-13-11-24)14-19-8-7-18-4-2-3-5-21(18)23(19)25/h2-6,9,14-15H,7-8,10-13,16H2,1H3/p+1/b19-14-. The Morgan fingerprint density at radius 1 is 1.11 bits per heavy atom. The fraction of sp³-hybridized carbons (Fsp3) is 0.348. The summed E-state index contributed by atoms with van der Waals surface area (Å²) >= 11 is 0. The number of hydrogen-bond acceptors (Lipinski definition) is 3. The SMILES string of the molecule is COc1ccc(/C=C2/CCc3ccccc3C2=O)cc1C[NH+]1CCOCC1. The van der Waals surface area contributed by atoms with Crippen molar-refractivity contribution >= 4 is 11.9 Å². The van der Waals surface area contributed by atoms with Crippen LogP contribution in [-0.2, 0) is 17.7 Å². The van der Waals surface area contributed by atoms with Gasteiger partial charge in [-0.1, -0.05) is 30.3 Å². The number of ketones is 1. The predicted octanol–water partition coefficient (Wildman–Crippen LogP) is 2.32. The van der Waals surface area contributed by atoms with E-state index >= 15 is 0 Å². The first-order chi connectivity index (χ1) is 13.2. The summed E-state index contributed by atoms with van der Waals surface area (Å²) in [5.41, 5.74) is 5.16. The number of carbonyl (C=O) groups is 1. The van der Waals surface area contributed by atoms with Gasteiger partial charge in [0.2, 0.25) is 0 Å². The summed E-state index contributed by atoms with van der Waals surface area (Å²) in [6.45, 7) is 4.58. The molecule has 1 fully saturated rings. The molecular formula is C23H26NO3+. The lowest BCUT2D eigenvalue weighted by Crippen LogP contribution is -3.12. The fourth-order valence-electron chi connectivity index (χ4n) is 3.99. The zero-order valence-corrected chi connectivity index (χ0v) is 15.8. The van der Waals surface area contributed by atoms with E-state index in [0.717, 1.165) is 73.7 Å². The number of morpholine rings is 1. The molecule has 0 atom stereocenters. The van der Waals surface area contributed by atoms with Gasteiger partial charge in [0.05, 0.1) is 20.3 Å². The van der Waals surface area contributed by atoms with Crippen molar-refractivity contribution in [2.75, 3.05) is 33.4 Å². The summed E-state index contributed by atoms with van der Waals surface area (Å²) in [6, 6.07) is 14.2. The van der Waals surface area contributed by atoms with Gasteiger partial charge >= 0.3 is 0 Å². The van der Waals surface area contributed by atoms with Crippen LogP contribution >= 0.6 is 0 Å². The van der Waals surface area contributed by atoms with Crippen LogP contribution in [-0.4, -0.2) is 39.2 Å². The Hall–Kier alpha value is -2.43. The zero-order valence-electron chi connectivity index (χ0n) is 15.8. The lowest BCUT2D eigenvalue weighted by Gasteiger charge is -2.24. The van der Waals surface area contributed by atoms with E-state index in [1.165, 1.54) is 10.5 Å². The van der Waals surface area contributed by atoms with Gasteiger partial charge in [-0.15, -0.1) is 0 Å². The number of rotatable bonds is 4. The van der Waals surface area contributed by atoms with E-state index in [4.69, 9.17) is 9.47 Å². The Morgan fingerprint density at radius 3 is 2.74 bits per heavy atom. The second-order valence-electron chi connectivity index (χ2n) is 7.27. The van der Waals surface area contributed by atoms with Crippen molar-refractivity contribution in [1.29, 1.82) is 0 Å². The molecule has 1 aliphatic carbocycles. The summed E-state index contributed by atoms with van der Waals surface area (Å²) in [7, 11) is 1.72. The van der Waals surface area contributed by atoms with Gasteiger partial charge in [0.25, 0.3) is 0 Å². The first-order valence-corrected chi connectivity index (χ1v) is 9.66. The van der Waals surface area contributed by atoms with Gasteiger partial charge in [-0.3, -0.25) is 4.79 Å². The molecule has 1 aliphatic heterocycles. The molecule has 0 unspecified atom stereocenters. The van der Waals surface area contributed by atoms with Gasteiger partial charge in [-0.25, -0.2) is 0 Å². The molecule has 1 saturated heterocycles. The molecule has 1 heterocycles. The number of methoxy groups -OCH3 is 1. The summed E-state index contributed by atoms with van der Waals surface area (Å²) in [5, 5.41) is 0. The minimum Gasteiger partial charge on any atom is -0.496 e. The Bertz CT molecular complexity index is 866. The average molecular weight is 364 g/mol. The van der Waals surface area contributed by atoms with Crippen molar-refractivity contribution in [3.63, 3.8) is 0 Å². The molecule has 0 saturated carbocycles. The lowest BCUT2D eigenvalue weighted by atomic mass is 9.86. The van der Waals surface area contributed by atoms with Crippen LogP contribution in [0.5, 0.6) is 5.75 Å². The molecule has 4 nitrogen and oxygen atoms in total. The monoisotopic (exact) mass is 364 g/mol. The van der Waals surface area contributed by atoms with Crippen molar-refractivity contribution in [3.05, 3.63) is 70.3 Å². The van der Waals surface area contributed by atoms with Crippen molar-refractivity contribution in [3.8, 4) is 5.75 Å². The van der Waals surface area contributed by atoms with Crippen LogP contribution in [0.15, 0.2) is 48.0 Å². The maximum absolute atomic E-state index is 12.8. The molecule has 1 N–H and O–H groups in total. The van der Waals surface area contributed by atoms with E-state index in [0.29, 0.717) is 0 Å². The highest BCUT2D eigenvalue weighted by atomic mass is 16.5. The number of nitrogens with one attached hydrogen (secondary N) is 1. The Labute approximate surface area is 160 Å². The van der Waals surface area contributed by atoms with Crippen LogP contribution in [0.25, 0.3) is 6.08 Å². The molecule has 0 aromatic heterocycles. The highest BCUT2D eigenvalue weighted by Gasteiger charge is 2.22. The molecule has 0 bridgehead atoms. The van der Waals surface area contributed by atoms with E-state index in [2.05, 4.69) is 18.2 Å². The predicted molar refractivity (Wildman–Crippen MR) is 105 cm³/mol. The first kappa shape index (κ1) is 18.0. The van der Waals surface area contributed by atoms with Gasteiger partial charge in [0.15, 0.2) is 5.78 Å². The van der Waals surface area contributed by atoms with Crippen molar-refractivity contribution in [2.45, 2.75) is 19.4 Å². The third-order valence-electron chi connectivity index (χ3n) is 5.50. The van der Waals surface area contributed by atoms with Gasteiger partial charge in [-0.05, 0) is 42.2 Å². The molecule has 0 amide bonds. The summed E-state index contributed by atoms with van der Waals surface area (Å²) in [5.74, 6) is 1.07. The highest BCUT2D eigenvalue weighted by Crippen LogP contribution is 2.28. The Kier molecular flexibility index (Phi) is 5.37. The quantitative estimate of drug-likeness (QED) is 0.847. The molecule has 4 heteroatoms. The third-order valence-corrected chi connectivity index (χ3v) is 5.50. The van der Waals surface area contributed by atoms with E-state index in [1.54, 1.807) is 7.11 Å². The molecule has 140 valence electrons. The van der Waals surface area contributed by atoms with Gasteiger partial charge in [0.1, 0.15) is 25.4 Å². The number of allylic oxidation sites excluding steroid dienone is 1. The van der Waals surface area contributed by atoms with E-state index in [9.17, 15) is 4.79 Å². The largest absolute Gasteiger partial charge is 0.496 e. The Morgan fingerprint density at radius 2 is 1.93 bits per heavy atom. The summed E-state index contributed by atoms with van der Waals surface area (Å²) < 4.78 is 11.0. The van der Waals surface area contributed by atoms with Crippen LogP contribution in [0.4, 0.5) is 0 Å². The van der Waals surface area contributed by atoms with Crippen LogP contribution in [0.3, 0.4) is 0 Å². The minimum absolute atomic E-state index is 0.160. The number of benzene rings is 2. The van der Waals surface area contributed by atoms with Crippen molar-refractivity contribution in [1.82, 2.24) is 0 Å². The molecule has 27 heavy (non-hydrogen) atoms.